The second-order valence-electron chi connectivity index (χ2n) is 3.71. The second-order valence-corrected chi connectivity index (χ2v) is 3.71. The van der Waals surface area contributed by atoms with Crippen molar-refractivity contribution in [3.63, 3.8) is 0 Å². The summed E-state index contributed by atoms with van der Waals surface area (Å²) in [5.74, 6) is -0.482. The molecule has 1 rings (SSSR count). The lowest BCUT2D eigenvalue weighted by Gasteiger charge is -2.06. The molecular weight excluding hydrogens is 234 g/mol. The number of hydrogen-bond donors (Lipinski definition) is 2. The van der Waals surface area contributed by atoms with Crippen LogP contribution in [-0.4, -0.2) is 23.6 Å². The van der Waals surface area contributed by atoms with Crippen LogP contribution >= 0.6 is 0 Å². The molecule has 0 aliphatic carbocycles. The summed E-state index contributed by atoms with van der Waals surface area (Å²) < 4.78 is 4.72. The van der Waals surface area contributed by atoms with Crippen LogP contribution in [0.25, 0.3) is 0 Å². The van der Waals surface area contributed by atoms with Gasteiger partial charge in [-0.2, -0.15) is 0 Å². The van der Waals surface area contributed by atoms with Crippen LogP contribution in [0.3, 0.4) is 0 Å². The highest BCUT2D eigenvalue weighted by Crippen LogP contribution is 2.14. The number of carbonyl (C=O) groups excluding carboxylic acids is 2. The number of ether oxygens (including phenoxy) is 1. The summed E-state index contributed by atoms with van der Waals surface area (Å²) in [4.78, 5) is 22.5. The predicted molar refractivity (Wildman–Crippen MR) is 65.8 cm³/mol. The highest BCUT2D eigenvalue weighted by molar-refractivity contribution is 5.81. The summed E-state index contributed by atoms with van der Waals surface area (Å²) in [6, 6.07) is 6.77. The monoisotopic (exact) mass is 251 g/mol. The maximum absolute atomic E-state index is 11.4. The van der Waals surface area contributed by atoms with Crippen LogP contribution in [0.2, 0.25) is 0 Å². The number of nitrogens with one attached hydrogen (secondary N) is 1. The number of para-hydroxylation sites is 1. The number of carbonyl (C=O) groups is 2. The van der Waals surface area contributed by atoms with E-state index in [2.05, 4.69) is 5.32 Å². The molecule has 2 N–H and O–H groups in total. The number of benzene rings is 1. The Balaban J connectivity index is 2.29. The summed E-state index contributed by atoms with van der Waals surface area (Å²) in [6.45, 7) is 2.28. The summed E-state index contributed by atoms with van der Waals surface area (Å²) in [7, 11) is 0. The smallest absolute Gasteiger partial charge is 0.306 e. The normalized spacial score (nSPS) is 9.83. The van der Waals surface area contributed by atoms with Crippen LogP contribution < -0.4 is 5.32 Å². The van der Waals surface area contributed by atoms with E-state index in [4.69, 9.17) is 4.74 Å². The Hall–Kier alpha value is -2.04. The molecule has 0 saturated heterocycles. The van der Waals surface area contributed by atoms with Gasteiger partial charge in [0.15, 0.2) is 0 Å². The van der Waals surface area contributed by atoms with E-state index in [0.29, 0.717) is 12.2 Å². The molecule has 0 fully saturated rings. The highest BCUT2D eigenvalue weighted by atomic mass is 16.5. The standard InChI is InChI=1S/C13H17NO4/c1-2-18-13(17)8-7-12(16)14-9-10-5-3-4-6-11(10)15/h3-6,15H,2,7-9H2,1H3,(H,14,16). The lowest BCUT2D eigenvalue weighted by molar-refractivity contribution is -0.144. The molecule has 5 heteroatoms. The van der Waals surface area contributed by atoms with Gasteiger partial charge in [-0.05, 0) is 13.0 Å². The van der Waals surface area contributed by atoms with Gasteiger partial charge in [-0.1, -0.05) is 18.2 Å². The van der Waals surface area contributed by atoms with Gasteiger partial charge in [0.05, 0.1) is 13.0 Å². The van der Waals surface area contributed by atoms with Gasteiger partial charge in [0.25, 0.3) is 0 Å². The Morgan fingerprint density at radius 1 is 1.28 bits per heavy atom. The number of phenolic OH excluding ortho intramolecular Hbond substituents is 1. The predicted octanol–water partition coefficient (Wildman–Crippen LogP) is 1.35. The van der Waals surface area contributed by atoms with Crippen molar-refractivity contribution in [2.45, 2.75) is 26.3 Å². The van der Waals surface area contributed by atoms with Gasteiger partial charge in [0, 0.05) is 18.5 Å². The van der Waals surface area contributed by atoms with Gasteiger partial charge in [-0.3, -0.25) is 9.59 Å². The fraction of sp³-hybridized carbons (Fsp3) is 0.385. The summed E-state index contributed by atoms with van der Waals surface area (Å²) in [6.07, 6.45) is 0.160. The highest BCUT2D eigenvalue weighted by Gasteiger charge is 2.08. The topological polar surface area (TPSA) is 75.6 Å². The third-order valence-corrected chi connectivity index (χ3v) is 2.33. The lowest BCUT2D eigenvalue weighted by atomic mass is 10.2. The second kappa shape index (κ2) is 7.32. The first-order valence-electron chi connectivity index (χ1n) is 5.82. The van der Waals surface area contributed by atoms with Crippen molar-refractivity contribution >= 4 is 11.9 Å². The fourth-order valence-corrected chi connectivity index (χ4v) is 1.39. The molecule has 0 aromatic heterocycles. The first kappa shape index (κ1) is 14.0. The molecule has 18 heavy (non-hydrogen) atoms. The van der Waals surface area contributed by atoms with Crippen molar-refractivity contribution in [3.05, 3.63) is 29.8 Å². The van der Waals surface area contributed by atoms with Gasteiger partial charge in [0.2, 0.25) is 5.91 Å². The largest absolute Gasteiger partial charge is 0.508 e. The molecule has 1 aromatic rings. The van der Waals surface area contributed by atoms with Crippen LogP contribution in [0.5, 0.6) is 5.75 Å². The van der Waals surface area contributed by atoms with Gasteiger partial charge in [0.1, 0.15) is 5.75 Å². The number of phenols is 1. The Morgan fingerprint density at radius 3 is 2.67 bits per heavy atom. The van der Waals surface area contributed by atoms with Gasteiger partial charge in [-0.15, -0.1) is 0 Å². The summed E-state index contributed by atoms with van der Waals surface area (Å²) in [5.41, 5.74) is 0.641. The number of esters is 1. The number of hydrogen-bond acceptors (Lipinski definition) is 4. The SMILES string of the molecule is CCOC(=O)CCC(=O)NCc1ccccc1O. The lowest BCUT2D eigenvalue weighted by Crippen LogP contribution is -2.23. The van der Waals surface area contributed by atoms with Crippen LogP contribution in [0.4, 0.5) is 0 Å². The molecule has 5 nitrogen and oxygen atoms in total. The van der Waals surface area contributed by atoms with Crippen molar-refractivity contribution in [2.24, 2.45) is 0 Å². The quantitative estimate of drug-likeness (QED) is 0.748. The third-order valence-electron chi connectivity index (χ3n) is 2.33. The van der Waals surface area contributed by atoms with Crippen LogP contribution in [-0.2, 0) is 20.9 Å². The van der Waals surface area contributed by atoms with Gasteiger partial charge < -0.3 is 15.2 Å². The Labute approximate surface area is 106 Å². The number of amides is 1. The molecular formula is C13H17NO4. The molecule has 0 spiro atoms. The van der Waals surface area contributed by atoms with Crippen molar-refractivity contribution in [1.82, 2.24) is 5.32 Å². The van der Waals surface area contributed by atoms with Crippen molar-refractivity contribution in [1.29, 1.82) is 0 Å². The van der Waals surface area contributed by atoms with Crippen molar-refractivity contribution < 1.29 is 19.4 Å². The molecule has 0 heterocycles. The minimum absolute atomic E-state index is 0.0699. The zero-order valence-corrected chi connectivity index (χ0v) is 10.3. The average Bonchev–Trinajstić information content (AvgIpc) is 2.36. The van der Waals surface area contributed by atoms with E-state index in [1.165, 1.54) is 0 Å². The van der Waals surface area contributed by atoms with Crippen LogP contribution in [0.1, 0.15) is 25.3 Å². The Morgan fingerprint density at radius 2 is 2.00 bits per heavy atom. The minimum atomic E-state index is -0.379. The maximum Gasteiger partial charge on any atom is 0.306 e. The van der Waals surface area contributed by atoms with Crippen LogP contribution in [0, 0.1) is 0 Å². The molecule has 0 atom stereocenters. The summed E-state index contributed by atoms with van der Waals surface area (Å²) in [5, 5.41) is 12.1. The summed E-state index contributed by atoms with van der Waals surface area (Å²) >= 11 is 0. The molecule has 0 bridgehead atoms. The zero-order chi connectivity index (χ0) is 13.4. The molecule has 0 aliphatic rings. The van der Waals surface area contributed by atoms with Gasteiger partial charge >= 0.3 is 5.97 Å². The Kier molecular flexibility index (Phi) is 5.70. The Bertz CT molecular complexity index is 417. The molecule has 0 radical (unpaired) electrons. The van der Waals surface area contributed by atoms with Gasteiger partial charge in [-0.25, -0.2) is 0 Å². The van der Waals surface area contributed by atoms with Crippen molar-refractivity contribution in [3.8, 4) is 5.75 Å². The molecule has 1 amide bonds. The first-order chi connectivity index (χ1) is 8.63. The van der Waals surface area contributed by atoms with E-state index in [-0.39, 0.29) is 37.0 Å². The van der Waals surface area contributed by atoms with Crippen LogP contribution in [0.15, 0.2) is 24.3 Å². The molecule has 0 aliphatic heterocycles. The van der Waals surface area contributed by atoms with Crippen molar-refractivity contribution in [2.75, 3.05) is 6.61 Å². The third kappa shape index (κ3) is 4.86. The minimum Gasteiger partial charge on any atom is -0.508 e. The number of aromatic hydroxyl groups is 1. The average molecular weight is 251 g/mol. The van der Waals surface area contributed by atoms with E-state index < -0.39 is 0 Å². The molecule has 98 valence electrons. The van der Waals surface area contributed by atoms with E-state index >= 15 is 0 Å². The van der Waals surface area contributed by atoms with E-state index in [9.17, 15) is 14.7 Å². The maximum atomic E-state index is 11.4. The molecule has 0 unspecified atom stereocenters. The van der Waals surface area contributed by atoms with E-state index in [1.807, 2.05) is 0 Å². The van der Waals surface area contributed by atoms with E-state index in [1.54, 1.807) is 31.2 Å². The van der Waals surface area contributed by atoms with E-state index in [0.717, 1.165) is 0 Å². The fourth-order valence-electron chi connectivity index (χ4n) is 1.39. The number of rotatable bonds is 6. The first-order valence-corrected chi connectivity index (χ1v) is 5.82. The zero-order valence-electron chi connectivity index (χ0n) is 10.3. The molecule has 0 saturated carbocycles. The molecule has 1 aromatic carbocycles.